The van der Waals surface area contributed by atoms with Gasteiger partial charge in [0.15, 0.2) is 5.78 Å². The second-order valence-corrected chi connectivity index (χ2v) is 7.73. The lowest BCUT2D eigenvalue weighted by Gasteiger charge is -2.28. The molecule has 31 heavy (non-hydrogen) atoms. The van der Waals surface area contributed by atoms with Crippen molar-refractivity contribution >= 4 is 17.9 Å². The molecular formula is C27H29NO3. The Bertz CT molecular complexity index is 981. The molecule has 2 aromatic rings. The average Bonchev–Trinajstić information content (AvgIpc) is 2.76. The number of carbonyl (C=O) groups is 1. The van der Waals surface area contributed by atoms with Gasteiger partial charge >= 0.3 is 0 Å². The van der Waals surface area contributed by atoms with Gasteiger partial charge in [-0.2, -0.15) is 0 Å². The molecule has 4 heteroatoms. The number of Topliss-reactive ketones (excluding diaryl/α,β-unsaturated/α-hetero) is 1. The molecular weight excluding hydrogens is 386 g/mol. The highest BCUT2D eigenvalue weighted by Crippen LogP contribution is 2.26. The first-order valence-corrected chi connectivity index (χ1v) is 10.5. The van der Waals surface area contributed by atoms with Gasteiger partial charge in [0, 0.05) is 24.2 Å². The highest BCUT2D eigenvalue weighted by molar-refractivity contribution is 6.14. The molecule has 160 valence electrons. The Morgan fingerprint density at radius 3 is 1.71 bits per heavy atom. The number of carbonyl (C=O) groups excluding carboxylic acids is 1. The Hall–Kier alpha value is -3.37. The highest BCUT2D eigenvalue weighted by atomic mass is 16.3. The molecule has 1 heterocycles. The summed E-state index contributed by atoms with van der Waals surface area (Å²) in [5.41, 5.74) is 4.78. The molecule has 2 N–H and O–H groups in total. The minimum Gasteiger partial charge on any atom is -0.508 e. The number of nitrogens with zero attached hydrogens (tertiary/aromatic N) is 1. The smallest absolute Gasteiger partial charge is 0.187 e. The van der Waals surface area contributed by atoms with Crippen LogP contribution in [0.1, 0.15) is 29.2 Å². The Kier molecular flexibility index (Phi) is 7.27. The molecule has 0 aromatic heterocycles. The van der Waals surface area contributed by atoms with Crippen LogP contribution in [0.15, 0.2) is 72.9 Å². The van der Waals surface area contributed by atoms with Crippen LogP contribution in [0.2, 0.25) is 0 Å². The predicted molar refractivity (Wildman–Crippen MR) is 127 cm³/mol. The third-order valence-electron chi connectivity index (χ3n) is 5.44. The number of aromatic hydroxyl groups is 2. The third-order valence-corrected chi connectivity index (χ3v) is 5.44. The summed E-state index contributed by atoms with van der Waals surface area (Å²) in [6.45, 7) is 11.5. The number of likely N-dealkylation sites (N-methyl/N-ethyl adjacent to an activating group) is 1. The summed E-state index contributed by atoms with van der Waals surface area (Å²) in [5, 5.41) is 20.0. The molecule has 0 atom stereocenters. The van der Waals surface area contributed by atoms with Crippen molar-refractivity contribution in [3.05, 3.63) is 95.1 Å². The number of allylic oxidation sites excluding steroid dienone is 2. The fourth-order valence-electron chi connectivity index (χ4n) is 3.76. The van der Waals surface area contributed by atoms with E-state index in [2.05, 4.69) is 25.0 Å². The van der Waals surface area contributed by atoms with E-state index in [0.717, 1.165) is 39.9 Å². The summed E-state index contributed by atoms with van der Waals surface area (Å²) >= 11 is 0. The molecule has 3 rings (SSSR count). The molecule has 0 aliphatic carbocycles. The summed E-state index contributed by atoms with van der Waals surface area (Å²) in [7, 11) is 0. The van der Waals surface area contributed by atoms with Crippen molar-refractivity contribution in [3.8, 4) is 11.5 Å². The Morgan fingerprint density at radius 1 is 0.871 bits per heavy atom. The topological polar surface area (TPSA) is 60.8 Å². The Labute approximate surface area is 184 Å². The lowest BCUT2D eigenvalue weighted by molar-refractivity contribution is -0.113. The van der Waals surface area contributed by atoms with Crippen molar-refractivity contribution in [2.75, 3.05) is 19.6 Å². The molecule has 0 saturated carbocycles. The zero-order chi connectivity index (χ0) is 22.4. The van der Waals surface area contributed by atoms with Gasteiger partial charge in [-0.3, -0.25) is 9.69 Å². The first-order valence-electron chi connectivity index (χ1n) is 10.5. The number of hydrogen-bond acceptors (Lipinski definition) is 4. The number of likely N-dealkylation sites (tertiary alicyclic amines) is 1. The van der Waals surface area contributed by atoms with Gasteiger partial charge in [0.05, 0.1) is 0 Å². The number of piperidine rings is 1. The van der Waals surface area contributed by atoms with E-state index in [0.29, 0.717) is 25.9 Å². The molecule has 4 nitrogen and oxygen atoms in total. The molecule has 1 saturated heterocycles. The first-order chi connectivity index (χ1) is 14.9. The van der Waals surface area contributed by atoms with Crippen LogP contribution < -0.4 is 0 Å². The second-order valence-electron chi connectivity index (χ2n) is 7.73. The van der Waals surface area contributed by atoms with E-state index in [-0.39, 0.29) is 17.3 Å². The monoisotopic (exact) mass is 415 g/mol. The van der Waals surface area contributed by atoms with E-state index in [1.165, 1.54) is 0 Å². The molecule has 1 aliphatic heterocycles. The minimum atomic E-state index is 0.0291. The minimum absolute atomic E-state index is 0.0291. The molecule has 1 aliphatic rings. The van der Waals surface area contributed by atoms with Gasteiger partial charge in [-0.05, 0) is 78.1 Å². The predicted octanol–water partition coefficient (Wildman–Crippen LogP) is 4.93. The summed E-state index contributed by atoms with van der Waals surface area (Å²) in [5.74, 6) is 0.493. The van der Waals surface area contributed by atoms with Crippen molar-refractivity contribution in [2.45, 2.75) is 19.8 Å². The van der Waals surface area contributed by atoms with Gasteiger partial charge in [0.1, 0.15) is 11.5 Å². The summed E-state index contributed by atoms with van der Waals surface area (Å²) < 4.78 is 0. The molecule has 0 amide bonds. The van der Waals surface area contributed by atoms with Crippen molar-refractivity contribution < 1.29 is 15.0 Å². The Morgan fingerprint density at radius 2 is 1.32 bits per heavy atom. The fraction of sp³-hybridized carbons (Fsp3) is 0.222. The number of rotatable bonds is 7. The lowest BCUT2D eigenvalue weighted by Crippen LogP contribution is -2.37. The average molecular weight is 416 g/mol. The number of hydrogen-bond donors (Lipinski definition) is 2. The second kappa shape index (κ2) is 10.1. The van der Waals surface area contributed by atoms with Crippen molar-refractivity contribution in [1.82, 2.24) is 4.90 Å². The van der Waals surface area contributed by atoms with E-state index in [1.54, 1.807) is 24.3 Å². The zero-order valence-corrected chi connectivity index (χ0v) is 18.0. The van der Waals surface area contributed by atoms with Crippen LogP contribution in [-0.2, 0) is 17.6 Å². The van der Waals surface area contributed by atoms with Crippen LogP contribution in [0.3, 0.4) is 0 Å². The van der Waals surface area contributed by atoms with Gasteiger partial charge in [-0.25, -0.2) is 0 Å². The van der Waals surface area contributed by atoms with E-state index in [1.807, 2.05) is 36.4 Å². The number of phenolic OH excluding ortho intramolecular Hbond substituents is 2. The van der Waals surface area contributed by atoms with E-state index >= 15 is 0 Å². The van der Waals surface area contributed by atoms with Crippen LogP contribution in [-0.4, -0.2) is 40.5 Å². The lowest BCUT2D eigenvalue weighted by atomic mass is 9.93. The highest BCUT2D eigenvalue weighted by Gasteiger charge is 2.25. The molecule has 1 fully saturated rings. The largest absolute Gasteiger partial charge is 0.508 e. The summed E-state index contributed by atoms with van der Waals surface area (Å²) in [6, 6.07) is 10.7. The quantitative estimate of drug-likeness (QED) is 0.497. The SMILES string of the molecule is C=CCc1cc(/C=C2\CN(CC)C/C(=C\c3ccc(O)c(CC=C)c3)C2=O)ccc1O. The number of phenols is 2. The van der Waals surface area contributed by atoms with Gasteiger partial charge in [0.2, 0.25) is 0 Å². The van der Waals surface area contributed by atoms with Crippen LogP contribution in [0.25, 0.3) is 12.2 Å². The summed E-state index contributed by atoms with van der Waals surface area (Å²) in [6.07, 6.45) is 8.44. The van der Waals surface area contributed by atoms with Gasteiger partial charge < -0.3 is 10.2 Å². The first kappa shape index (κ1) is 22.3. The number of benzene rings is 2. The van der Waals surface area contributed by atoms with Crippen LogP contribution in [0.5, 0.6) is 11.5 Å². The Balaban J connectivity index is 1.96. The maximum atomic E-state index is 13.3. The summed E-state index contributed by atoms with van der Waals surface area (Å²) in [4.78, 5) is 15.5. The van der Waals surface area contributed by atoms with Crippen LogP contribution in [0.4, 0.5) is 0 Å². The molecule has 0 bridgehead atoms. The van der Waals surface area contributed by atoms with Crippen molar-refractivity contribution in [1.29, 1.82) is 0 Å². The van der Waals surface area contributed by atoms with Crippen LogP contribution in [0, 0.1) is 0 Å². The van der Waals surface area contributed by atoms with Crippen LogP contribution >= 0.6 is 0 Å². The van der Waals surface area contributed by atoms with Gasteiger partial charge in [0.25, 0.3) is 0 Å². The van der Waals surface area contributed by atoms with Gasteiger partial charge in [-0.15, -0.1) is 13.2 Å². The normalized spacial score (nSPS) is 17.3. The maximum absolute atomic E-state index is 13.3. The number of ketones is 1. The molecule has 0 spiro atoms. The van der Waals surface area contributed by atoms with Crippen molar-refractivity contribution in [3.63, 3.8) is 0 Å². The van der Waals surface area contributed by atoms with E-state index in [9.17, 15) is 15.0 Å². The molecule has 2 aromatic carbocycles. The van der Waals surface area contributed by atoms with Crippen molar-refractivity contribution in [2.24, 2.45) is 0 Å². The molecule has 0 radical (unpaired) electrons. The third kappa shape index (κ3) is 5.41. The maximum Gasteiger partial charge on any atom is 0.187 e. The van der Waals surface area contributed by atoms with Gasteiger partial charge in [-0.1, -0.05) is 31.2 Å². The zero-order valence-electron chi connectivity index (χ0n) is 18.0. The fourth-order valence-corrected chi connectivity index (χ4v) is 3.76. The standard InChI is InChI=1S/C27H29NO3/c1-4-7-21-13-19(9-11-25(21)29)15-23-17-28(6-3)18-24(27(23)31)16-20-10-12-26(30)22(14-20)8-5-2/h4-5,9-16,29-30H,1-2,6-8,17-18H2,3H3/b23-15+,24-16+. The van der Waals surface area contributed by atoms with E-state index < -0.39 is 0 Å². The van der Waals surface area contributed by atoms with E-state index in [4.69, 9.17) is 0 Å². The molecule has 0 unspecified atom stereocenters.